The quantitative estimate of drug-likeness (QED) is 0.775. The maximum absolute atomic E-state index is 5.18. The molecule has 6 heteroatoms. The van der Waals surface area contributed by atoms with Crippen molar-refractivity contribution in [3.05, 3.63) is 65.6 Å². The van der Waals surface area contributed by atoms with Gasteiger partial charge in [0.15, 0.2) is 0 Å². The molecule has 0 fully saturated rings. The van der Waals surface area contributed by atoms with E-state index in [0.717, 1.165) is 25.8 Å². The Morgan fingerprint density at radius 1 is 1.24 bits per heavy atom. The van der Waals surface area contributed by atoms with Crippen molar-refractivity contribution in [1.82, 2.24) is 19.7 Å². The molecule has 0 radical (unpaired) electrons. The van der Waals surface area contributed by atoms with Crippen molar-refractivity contribution in [2.45, 2.75) is 31.8 Å². The van der Waals surface area contributed by atoms with E-state index < -0.39 is 0 Å². The highest BCUT2D eigenvalue weighted by Crippen LogP contribution is 2.32. The zero-order valence-electron chi connectivity index (χ0n) is 14.2. The SMILES string of the molecule is COc1ccnc(NC2CCCc3c2cnn3Cc2ccccc2)n1. The third-order valence-electron chi connectivity index (χ3n) is 4.58. The van der Waals surface area contributed by atoms with Crippen molar-refractivity contribution >= 4 is 5.95 Å². The standard InChI is InChI=1S/C19H21N5O/c1-25-18-10-11-20-19(23-18)22-16-8-5-9-17-15(16)12-21-24(17)13-14-6-3-2-4-7-14/h2-4,6-7,10-12,16H,5,8-9,13H2,1H3,(H,20,22,23). The Morgan fingerprint density at radius 3 is 2.96 bits per heavy atom. The predicted molar refractivity (Wildman–Crippen MR) is 95.7 cm³/mol. The number of benzene rings is 1. The molecular formula is C19H21N5O. The van der Waals surface area contributed by atoms with Crippen molar-refractivity contribution in [2.75, 3.05) is 12.4 Å². The van der Waals surface area contributed by atoms with E-state index in [9.17, 15) is 0 Å². The van der Waals surface area contributed by atoms with Gasteiger partial charge in [-0.2, -0.15) is 10.1 Å². The summed E-state index contributed by atoms with van der Waals surface area (Å²) in [6.45, 7) is 0.804. The topological polar surface area (TPSA) is 64.9 Å². The van der Waals surface area contributed by atoms with Crippen molar-refractivity contribution in [2.24, 2.45) is 0 Å². The minimum atomic E-state index is 0.181. The summed E-state index contributed by atoms with van der Waals surface area (Å²) < 4.78 is 7.29. The number of hydrogen-bond donors (Lipinski definition) is 1. The van der Waals surface area contributed by atoms with Crippen LogP contribution in [-0.4, -0.2) is 26.9 Å². The Balaban J connectivity index is 1.56. The van der Waals surface area contributed by atoms with E-state index in [1.54, 1.807) is 19.4 Å². The molecule has 0 amide bonds. The highest BCUT2D eigenvalue weighted by Gasteiger charge is 2.25. The highest BCUT2D eigenvalue weighted by atomic mass is 16.5. The first-order valence-electron chi connectivity index (χ1n) is 8.55. The van der Waals surface area contributed by atoms with Crippen LogP contribution in [0, 0.1) is 0 Å². The molecule has 4 rings (SSSR count). The number of nitrogens with zero attached hydrogens (tertiary/aromatic N) is 4. The summed E-state index contributed by atoms with van der Waals surface area (Å²) >= 11 is 0. The van der Waals surface area contributed by atoms with Gasteiger partial charge in [0.05, 0.1) is 25.9 Å². The van der Waals surface area contributed by atoms with Crippen LogP contribution in [0.3, 0.4) is 0 Å². The summed E-state index contributed by atoms with van der Waals surface area (Å²) in [6, 6.07) is 12.4. The molecule has 0 saturated heterocycles. The Labute approximate surface area is 146 Å². The van der Waals surface area contributed by atoms with Gasteiger partial charge in [0, 0.05) is 23.5 Å². The van der Waals surface area contributed by atoms with Gasteiger partial charge in [-0.1, -0.05) is 30.3 Å². The molecule has 3 aromatic rings. The van der Waals surface area contributed by atoms with E-state index in [1.165, 1.54) is 16.8 Å². The second-order valence-corrected chi connectivity index (χ2v) is 6.20. The number of rotatable bonds is 5. The van der Waals surface area contributed by atoms with Crippen LogP contribution in [0.25, 0.3) is 0 Å². The Bertz CT molecular complexity index is 846. The van der Waals surface area contributed by atoms with Crippen LogP contribution in [0.1, 0.15) is 35.7 Å². The summed E-state index contributed by atoms with van der Waals surface area (Å²) in [5, 5.41) is 8.06. The number of methoxy groups -OCH3 is 1. The second-order valence-electron chi connectivity index (χ2n) is 6.20. The molecule has 1 aromatic carbocycles. The molecule has 128 valence electrons. The first kappa shape index (κ1) is 15.6. The van der Waals surface area contributed by atoms with Crippen LogP contribution >= 0.6 is 0 Å². The van der Waals surface area contributed by atoms with Crippen molar-refractivity contribution < 1.29 is 4.74 Å². The third-order valence-corrected chi connectivity index (χ3v) is 4.58. The molecule has 1 unspecified atom stereocenters. The van der Waals surface area contributed by atoms with Gasteiger partial charge in [0.2, 0.25) is 11.8 Å². The zero-order valence-corrected chi connectivity index (χ0v) is 14.2. The van der Waals surface area contributed by atoms with Crippen molar-refractivity contribution in [3.63, 3.8) is 0 Å². The monoisotopic (exact) mass is 335 g/mol. The molecule has 2 heterocycles. The van der Waals surface area contributed by atoms with Crippen LogP contribution in [0.4, 0.5) is 5.95 Å². The average Bonchev–Trinajstić information content (AvgIpc) is 3.07. The molecular weight excluding hydrogens is 314 g/mol. The Hall–Kier alpha value is -2.89. The number of aromatic nitrogens is 4. The lowest BCUT2D eigenvalue weighted by atomic mass is 9.93. The van der Waals surface area contributed by atoms with E-state index in [2.05, 4.69) is 49.3 Å². The van der Waals surface area contributed by atoms with Crippen molar-refractivity contribution in [1.29, 1.82) is 0 Å². The summed E-state index contributed by atoms with van der Waals surface area (Å²) in [5.74, 6) is 1.15. The van der Waals surface area contributed by atoms with Gasteiger partial charge >= 0.3 is 0 Å². The molecule has 1 N–H and O–H groups in total. The summed E-state index contributed by atoms with van der Waals surface area (Å²) in [6.07, 6.45) is 6.91. The van der Waals surface area contributed by atoms with E-state index in [-0.39, 0.29) is 6.04 Å². The summed E-state index contributed by atoms with van der Waals surface area (Å²) in [5.41, 5.74) is 3.81. The van der Waals surface area contributed by atoms with Gasteiger partial charge in [-0.25, -0.2) is 4.98 Å². The number of hydrogen-bond acceptors (Lipinski definition) is 5. The van der Waals surface area contributed by atoms with Crippen LogP contribution in [0.5, 0.6) is 5.88 Å². The van der Waals surface area contributed by atoms with E-state index in [1.807, 2.05) is 12.3 Å². The lowest BCUT2D eigenvalue weighted by Crippen LogP contribution is -2.19. The zero-order chi connectivity index (χ0) is 17.1. The maximum Gasteiger partial charge on any atom is 0.226 e. The largest absolute Gasteiger partial charge is 0.481 e. The molecule has 0 saturated carbocycles. The fourth-order valence-electron chi connectivity index (χ4n) is 3.34. The summed E-state index contributed by atoms with van der Waals surface area (Å²) in [4.78, 5) is 8.66. The molecule has 6 nitrogen and oxygen atoms in total. The fraction of sp³-hybridized carbons (Fsp3) is 0.316. The van der Waals surface area contributed by atoms with Gasteiger partial charge in [-0.05, 0) is 24.8 Å². The van der Waals surface area contributed by atoms with E-state index in [0.29, 0.717) is 11.8 Å². The van der Waals surface area contributed by atoms with Gasteiger partial charge in [-0.15, -0.1) is 0 Å². The molecule has 1 aliphatic carbocycles. The first-order valence-corrected chi connectivity index (χ1v) is 8.55. The van der Waals surface area contributed by atoms with E-state index >= 15 is 0 Å². The van der Waals surface area contributed by atoms with Gasteiger partial charge in [0.25, 0.3) is 0 Å². The molecule has 2 aromatic heterocycles. The number of anilines is 1. The summed E-state index contributed by atoms with van der Waals surface area (Å²) in [7, 11) is 1.61. The number of nitrogens with one attached hydrogen (secondary N) is 1. The van der Waals surface area contributed by atoms with E-state index in [4.69, 9.17) is 4.74 Å². The predicted octanol–water partition coefficient (Wildman–Crippen LogP) is 3.22. The van der Waals surface area contributed by atoms with Crippen LogP contribution in [-0.2, 0) is 13.0 Å². The van der Waals surface area contributed by atoms with Gasteiger partial charge < -0.3 is 10.1 Å². The maximum atomic E-state index is 5.18. The normalized spacial score (nSPS) is 16.3. The molecule has 1 aliphatic rings. The minimum absolute atomic E-state index is 0.181. The van der Waals surface area contributed by atoms with Crippen LogP contribution in [0.2, 0.25) is 0 Å². The lowest BCUT2D eigenvalue weighted by Gasteiger charge is -2.24. The highest BCUT2D eigenvalue weighted by molar-refractivity contribution is 5.36. The Kier molecular flexibility index (Phi) is 4.33. The minimum Gasteiger partial charge on any atom is -0.481 e. The van der Waals surface area contributed by atoms with Crippen LogP contribution < -0.4 is 10.1 Å². The van der Waals surface area contributed by atoms with Crippen molar-refractivity contribution in [3.8, 4) is 5.88 Å². The second kappa shape index (κ2) is 6.93. The number of fused-ring (bicyclic) bond motifs is 1. The molecule has 0 spiro atoms. The smallest absolute Gasteiger partial charge is 0.226 e. The number of ether oxygens (including phenoxy) is 1. The lowest BCUT2D eigenvalue weighted by molar-refractivity contribution is 0.397. The molecule has 0 aliphatic heterocycles. The molecule has 1 atom stereocenters. The Morgan fingerprint density at radius 2 is 2.12 bits per heavy atom. The molecule has 0 bridgehead atoms. The fourth-order valence-corrected chi connectivity index (χ4v) is 3.34. The average molecular weight is 335 g/mol. The first-order chi connectivity index (χ1) is 12.3. The molecule has 25 heavy (non-hydrogen) atoms. The van der Waals surface area contributed by atoms with Crippen LogP contribution in [0.15, 0.2) is 48.8 Å². The van der Waals surface area contributed by atoms with Gasteiger partial charge in [0.1, 0.15) is 0 Å². The van der Waals surface area contributed by atoms with Gasteiger partial charge in [-0.3, -0.25) is 4.68 Å². The third kappa shape index (κ3) is 3.33.